The number of sulfone groups is 1. The van der Waals surface area contributed by atoms with E-state index < -0.39 is 33.5 Å². The zero-order valence-electron chi connectivity index (χ0n) is 35.0. The molecule has 11 heteroatoms. The Hall–Kier alpha value is -9.29. The molecule has 0 aliphatic carbocycles. The first-order valence-electron chi connectivity index (χ1n) is 20.8. The van der Waals surface area contributed by atoms with E-state index in [2.05, 4.69) is 23.7 Å². The van der Waals surface area contributed by atoms with E-state index in [1.807, 2.05) is 60.7 Å². The number of carbonyl (C=O) groups is 4. The van der Waals surface area contributed by atoms with Gasteiger partial charge in [0.1, 0.15) is 23.0 Å². The zero-order valence-corrected chi connectivity index (χ0v) is 35.9. The van der Waals surface area contributed by atoms with Gasteiger partial charge >= 0.3 is 0 Å². The predicted molar refractivity (Wildman–Crippen MR) is 251 cm³/mol. The molecular formula is C56H32N2O8S. The van der Waals surface area contributed by atoms with Crippen LogP contribution < -0.4 is 19.3 Å². The zero-order chi connectivity index (χ0) is 46.1. The van der Waals surface area contributed by atoms with Crippen molar-refractivity contribution in [2.75, 3.05) is 9.80 Å². The Balaban J connectivity index is 0.785. The van der Waals surface area contributed by atoms with Crippen LogP contribution in [0.3, 0.4) is 0 Å². The molecule has 10 nitrogen and oxygen atoms in total. The van der Waals surface area contributed by atoms with Crippen LogP contribution in [-0.2, 0) is 9.84 Å². The molecule has 0 saturated heterocycles. The van der Waals surface area contributed by atoms with Crippen molar-refractivity contribution in [3.05, 3.63) is 239 Å². The van der Waals surface area contributed by atoms with Crippen LogP contribution in [0.1, 0.15) is 63.7 Å². The monoisotopic (exact) mass is 892 g/mol. The number of fused-ring (bicyclic) bond motifs is 2. The second kappa shape index (κ2) is 17.4. The van der Waals surface area contributed by atoms with Crippen molar-refractivity contribution in [3.63, 3.8) is 0 Å². The second-order valence-electron chi connectivity index (χ2n) is 15.3. The van der Waals surface area contributed by atoms with Crippen LogP contribution in [0.2, 0.25) is 0 Å². The van der Waals surface area contributed by atoms with Gasteiger partial charge in [-0.25, -0.2) is 18.2 Å². The summed E-state index contributed by atoms with van der Waals surface area (Å²) in [6.45, 7) is 0. The lowest BCUT2D eigenvalue weighted by Crippen LogP contribution is -2.29. The highest BCUT2D eigenvalue weighted by molar-refractivity contribution is 7.91. The Kier molecular flexibility index (Phi) is 10.8. The third-order valence-electron chi connectivity index (χ3n) is 10.9. The fraction of sp³-hybridized carbons (Fsp3) is 0. The highest BCUT2D eigenvalue weighted by Gasteiger charge is 2.38. The number of benzene rings is 8. The lowest BCUT2D eigenvalue weighted by Gasteiger charge is -2.15. The summed E-state index contributed by atoms with van der Waals surface area (Å²) in [7, 11) is -3.96. The number of rotatable bonds is 8. The van der Waals surface area contributed by atoms with Crippen LogP contribution in [0.15, 0.2) is 204 Å². The molecule has 2 aliphatic rings. The summed E-state index contributed by atoms with van der Waals surface area (Å²) in [5, 5.41) is 0. The minimum Gasteiger partial charge on any atom is -0.457 e. The maximum Gasteiger partial charge on any atom is 0.266 e. The Bertz CT molecular complexity index is 3340. The normalized spacial score (nSPS) is 12.7. The average molecular weight is 893 g/mol. The molecule has 0 N–H and O–H groups in total. The summed E-state index contributed by atoms with van der Waals surface area (Å²) < 4.78 is 39.4. The summed E-state index contributed by atoms with van der Waals surface area (Å²) >= 11 is 0. The quantitative estimate of drug-likeness (QED) is 0.109. The molecule has 320 valence electrons. The van der Waals surface area contributed by atoms with Crippen LogP contribution >= 0.6 is 0 Å². The number of carbonyl (C=O) groups excluding carboxylic acids is 4. The molecule has 4 amide bonds. The van der Waals surface area contributed by atoms with Crippen molar-refractivity contribution in [2.45, 2.75) is 9.79 Å². The Morgan fingerprint density at radius 1 is 0.328 bits per heavy atom. The van der Waals surface area contributed by atoms with Gasteiger partial charge in [-0.1, -0.05) is 72.2 Å². The van der Waals surface area contributed by atoms with E-state index in [-0.39, 0.29) is 32.0 Å². The van der Waals surface area contributed by atoms with Gasteiger partial charge in [0.2, 0.25) is 9.84 Å². The number of hydrogen-bond acceptors (Lipinski definition) is 8. The molecule has 0 fully saturated rings. The highest BCUT2D eigenvalue weighted by atomic mass is 32.2. The summed E-state index contributed by atoms with van der Waals surface area (Å²) in [6.07, 6.45) is 0. The Morgan fingerprint density at radius 2 is 0.701 bits per heavy atom. The number of anilines is 2. The largest absolute Gasteiger partial charge is 0.457 e. The summed E-state index contributed by atoms with van der Waals surface area (Å²) in [4.78, 5) is 56.1. The second-order valence-corrected chi connectivity index (χ2v) is 17.2. The molecule has 2 heterocycles. The number of nitrogens with zero attached hydrogens (tertiary/aromatic N) is 2. The average Bonchev–Trinajstić information content (AvgIpc) is 3.76. The number of hydrogen-bond donors (Lipinski definition) is 0. The third kappa shape index (κ3) is 8.33. The fourth-order valence-electron chi connectivity index (χ4n) is 7.59. The van der Waals surface area contributed by atoms with Crippen molar-refractivity contribution in [1.29, 1.82) is 0 Å². The topological polar surface area (TPSA) is 127 Å². The van der Waals surface area contributed by atoms with Gasteiger partial charge in [-0.05, 0) is 133 Å². The van der Waals surface area contributed by atoms with E-state index in [4.69, 9.17) is 9.47 Å². The molecule has 2 aliphatic heterocycles. The lowest BCUT2D eigenvalue weighted by atomic mass is 10.1. The molecule has 67 heavy (non-hydrogen) atoms. The van der Waals surface area contributed by atoms with Gasteiger partial charge in [-0.2, -0.15) is 0 Å². The SMILES string of the molecule is O=C1c2ccc(C#Cc3ccccc3)cc2C(=O)N1c1cccc(Oc2ccc(S(=O)(=O)c3ccc(Oc4cccc(N5C(=O)c6ccc(C#Cc7ccccc7)cc6C5=O)c4)cc3)cc2)c1. The van der Waals surface area contributed by atoms with Crippen LogP contribution in [0, 0.1) is 23.7 Å². The maximum absolute atomic E-state index is 13.7. The first kappa shape index (κ1) is 41.7. The molecule has 0 unspecified atom stereocenters. The van der Waals surface area contributed by atoms with Crippen LogP contribution in [-0.4, -0.2) is 32.0 Å². The summed E-state index contributed by atoms with van der Waals surface area (Å²) in [5.74, 6) is 11.6. The molecule has 0 atom stereocenters. The Labute approximate surface area is 385 Å². The molecule has 0 radical (unpaired) electrons. The van der Waals surface area contributed by atoms with Crippen LogP contribution in [0.5, 0.6) is 23.0 Å². The predicted octanol–water partition coefficient (Wildman–Crippen LogP) is 10.5. The van der Waals surface area contributed by atoms with E-state index in [1.165, 1.54) is 48.5 Å². The summed E-state index contributed by atoms with van der Waals surface area (Å²) in [5.41, 5.74) is 4.52. The van der Waals surface area contributed by atoms with Gasteiger partial charge in [0.25, 0.3) is 23.6 Å². The van der Waals surface area contributed by atoms with E-state index in [9.17, 15) is 27.6 Å². The number of imide groups is 2. The molecule has 0 saturated carbocycles. The molecular weight excluding hydrogens is 861 g/mol. The standard InChI is InChI=1S/C56H32N2O8S/c59-53-49-31-21-39(19-17-37-9-3-1-4-10-37)33-51(49)55(61)57(53)41-13-7-15-45(35-41)65-43-23-27-47(28-24-43)67(63,64)48-29-25-44(26-30-48)66-46-16-8-14-42(36-46)58-54(60)50-32-22-40(34-52(50)56(58)62)20-18-38-11-5-2-6-12-38/h1-16,21-36H. The first-order valence-corrected chi connectivity index (χ1v) is 22.3. The first-order chi connectivity index (χ1) is 32.6. The smallest absolute Gasteiger partial charge is 0.266 e. The van der Waals surface area contributed by atoms with Gasteiger partial charge in [0.15, 0.2) is 0 Å². The number of amides is 4. The van der Waals surface area contributed by atoms with Crippen molar-refractivity contribution >= 4 is 44.8 Å². The van der Waals surface area contributed by atoms with Gasteiger partial charge in [0, 0.05) is 34.4 Å². The van der Waals surface area contributed by atoms with Crippen molar-refractivity contribution in [1.82, 2.24) is 0 Å². The minimum atomic E-state index is -3.96. The van der Waals surface area contributed by atoms with Gasteiger partial charge in [0.05, 0.1) is 43.4 Å². The molecule has 8 aromatic rings. The van der Waals surface area contributed by atoms with E-state index in [1.54, 1.807) is 84.9 Å². The molecule has 0 bridgehead atoms. The number of ether oxygens (including phenoxy) is 2. The van der Waals surface area contributed by atoms with Gasteiger partial charge in [-0.3, -0.25) is 19.2 Å². The summed E-state index contributed by atoms with van der Waals surface area (Å²) in [6, 6.07) is 53.5. The minimum absolute atomic E-state index is 0.0186. The maximum atomic E-state index is 13.7. The molecule has 0 aromatic heterocycles. The molecule has 8 aromatic carbocycles. The third-order valence-corrected chi connectivity index (χ3v) is 12.7. The van der Waals surface area contributed by atoms with E-state index in [0.717, 1.165) is 20.9 Å². The van der Waals surface area contributed by atoms with Crippen LogP contribution in [0.4, 0.5) is 11.4 Å². The molecule has 10 rings (SSSR count). The Morgan fingerprint density at radius 3 is 1.10 bits per heavy atom. The van der Waals surface area contributed by atoms with Crippen molar-refractivity contribution < 1.29 is 37.1 Å². The van der Waals surface area contributed by atoms with E-state index in [0.29, 0.717) is 45.5 Å². The van der Waals surface area contributed by atoms with Gasteiger partial charge in [-0.15, -0.1) is 0 Å². The van der Waals surface area contributed by atoms with Crippen molar-refractivity contribution in [3.8, 4) is 46.7 Å². The van der Waals surface area contributed by atoms with Gasteiger partial charge < -0.3 is 9.47 Å². The lowest BCUT2D eigenvalue weighted by molar-refractivity contribution is 0.0910. The fourth-order valence-corrected chi connectivity index (χ4v) is 8.85. The molecule has 0 spiro atoms. The highest BCUT2D eigenvalue weighted by Crippen LogP contribution is 2.35. The van der Waals surface area contributed by atoms with Crippen molar-refractivity contribution in [2.24, 2.45) is 0 Å². The van der Waals surface area contributed by atoms with E-state index >= 15 is 0 Å². The van der Waals surface area contributed by atoms with Crippen LogP contribution in [0.25, 0.3) is 0 Å².